The maximum absolute atomic E-state index is 2.64. The Bertz CT molecular complexity index is 946. The van der Waals surface area contributed by atoms with Crippen molar-refractivity contribution in [1.29, 1.82) is 0 Å². The molecule has 0 amide bonds. The monoisotopic (exact) mass is 410 g/mol. The van der Waals surface area contributed by atoms with Crippen molar-refractivity contribution in [3.05, 3.63) is 83.4 Å². The molecule has 0 heteroatoms. The van der Waals surface area contributed by atoms with Crippen LogP contribution in [0.4, 0.5) is 0 Å². The van der Waals surface area contributed by atoms with Gasteiger partial charge in [0.25, 0.3) is 0 Å². The normalized spacial score (nSPS) is 14.6. The standard InChI is InChI=1S/C31H38/c1-3-5-22-28-29(24-16-9-6-10-17-24)23-27(15-4-2)30(25-18-11-7-12-19-25)31(28)26-20-13-8-14-21-26/h7-8,11-14,18-21,23-24H,3-6,9-10,15-17,22H2,1-2H3. The van der Waals surface area contributed by atoms with Gasteiger partial charge in [0.1, 0.15) is 0 Å². The summed E-state index contributed by atoms with van der Waals surface area (Å²) in [6.45, 7) is 4.65. The zero-order valence-electron chi connectivity index (χ0n) is 19.5. The van der Waals surface area contributed by atoms with Crippen molar-refractivity contribution in [3.63, 3.8) is 0 Å². The predicted molar refractivity (Wildman–Crippen MR) is 136 cm³/mol. The van der Waals surface area contributed by atoms with Gasteiger partial charge in [0, 0.05) is 0 Å². The van der Waals surface area contributed by atoms with Crippen LogP contribution in [0, 0.1) is 0 Å². The molecule has 0 saturated heterocycles. The Morgan fingerprint density at radius 1 is 0.677 bits per heavy atom. The summed E-state index contributed by atoms with van der Waals surface area (Å²) in [5.41, 5.74) is 10.6. The van der Waals surface area contributed by atoms with Crippen LogP contribution in [0.3, 0.4) is 0 Å². The first kappa shape index (κ1) is 21.9. The van der Waals surface area contributed by atoms with Gasteiger partial charge in [0.05, 0.1) is 0 Å². The third kappa shape index (κ3) is 4.95. The van der Waals surface area contributed by atoms with Crippen molar-refractivity contribution in [3.8, 4) is 22.3 Å². The Hall–Kier alpha value is -2.34. The second-order valence-electron chi connectivity index (χ2n) is 9.27. The van der Waals surface area contributed by atoms with Gasteiger partial charge in [-0.25, -0.2) is 0 Å². The van der Waals surface area contributed by atoms with Crippen molar-refractivity contribution in [2.24, 2.45) is 0 Å². The average Bonchev–Trinajstić information content (AvgIpc) is 2.84. The Morgan fingerprint density at radius 3 is 1.87 bits per heavy atom. The lowest BCUT2D eigenvalue weighted by molar-refractivity contribution is 0.441. The molecule has 0 N–H and O–H groups in total. The van der Waals surface area contributed by atoms with Gasteiger partial charge in [-0.15, -0.1) is 0 Å². The Labute approximate surface area is 189 Å². The molecule has 0 atom stereocenters. The molecule has 0 spiro atoms. The van der Waals surface area contributed by atoms with Gasteiger partial charge in [-0.3, -0.25) is 0 Å². The summed E-state index contributed by atoms with van der Waals surface area (Å²) in [7, 11) is 0. The van der Waals surface area contributed by atoms with E-state index in [9.17, 15) is 0 Å². The highest BCUT2D eigenvalue weighted by molar-refractivity contribution is 5.89. The summed E-state index contributed by atoms with van der Waals surface area (Å²) in [4.78, 5) is 0. The number of hydrogen-bond donors (Lipinski definition) is 0. The van der Waals surface area contributed by atoms with Crippen molar-refractivity contribution >= 4 is 0 Å². The zero-order valence-corrected chi connectivity index (χ0v) is 19.5. The SMILES string of the molecule is CCCCc1c(C2CCCCC2)cc(CCC)c(-c2ccccc2)c1-c1ccccc1. The first-order valence-electron chi connectivity index (χ1n) is 12.6. The highest BCUT2D eigenvalue weighted by Crippen LogP contribution is 2.45. The lowest BCUT2D eigenvalue weighted by Gasteiger charge is -2.29. The smallest absolute Gasteiger partial charge is 0.00677 e. The summed E-state index contributed by atoms with van der Waals surface area (Å²) >= 11 is 0. The van der Waals surface area contributed by atoms with Crippen molar-refractivity contribution in [2.75, 3.05) is 0 Å². The molecule has 3 aromatic carbocycles. The molecule has 3 aromatic rings. The molecular formula is C31H38. The van der Waals surface area contributed by atoms with Gasteiger partial charge in [0.15, 0.2) is 0 Å². The molecule has 1 fully saturated rings. The van der Waals surface area contributed by atoms with Gasteiger partial charge >= 0.3 is 0 Å². The summed E-state index contributed by atoms with van der Waals surface area (Å²) in [6.07, 6.45) is 13.0. The molecule has 0 nitrogen and oxygen atoms in total. The van der Waals surface area contributed by atoms with Crippen molar-refractivity contribution in [1.82, 2.24) is 0 Å². The van der Waals surface area contributed by atoms with E-state index < -0.39 is 0 Å². The molecule has 0 unspecified atom stereocenters. The van der Waals surface area contributed by atoms with Gasteiger partial charge in [-0.05, 0) is 77.0 Å². The van der Waals surface area contributed by atoms with E-state index in [4.69, 9.17) is 0 Å². The predicted octanol–water partition coefficient (Wildman–Crippen LogP) is 9.36. The van der Waals surface area contributed by atoms with Crippen LogP contribution in [0.25, 0.3) is 22.3 Å². The second-order valence-corrected chi connectivity index (χ2v) is 9.27. The molecule has 0 aliphatic heterocycles. The Balaban J connectivity index is 2.02. The van der Waals surface area contributed by atoms with E-state index in [2.05, 4.69) is 80.6 Å². The highest BCUT2D eigenvalue weighted by atomic mass is 14.3. The second kappa shape index (κ2) is 10.8. The number of rotatable bonds is 8. The van der Waals surface area contributed by atoms with E-state index in [-0.39, 0.29) is 0 Å². The molecule has 162 valence electrons. The molecular weight excluding hydrogens is 372 g/mol. The molecule has 0 bridgehead atoms. The molecule has 1 saturated carbocycles. The topological polar surface area (TPSA) is 0 Å². The molecule has 0 radical (unpaired) electrons. The minimum atomic E-state index is 0.739. The summed E-state index contributed by atoms with van der Waals surface area (Å²) in [6, 6.07) is 25.0. The molecule has 0 heterocycles. The fourth-order valence-electron chi connectivity index (χ4n) is 5.53. The summed E-state index contributed by atoms with van der Waals surface area (Å²) in [5, 5.41) is 0. The van der Waals surface area contributed by atoms with Crippen LogP contribution in [0.5, 0.6) is 0 Å². The van der Waals surface area contributed by atoms with Crippen molar-refractivity contribution < 1.29 is 0 Å². The first-order valence-corrected chi connectivity index (χ1v) is 12.6. The van der Waals surface area contributed by atoms with Crippen LogP contribution in [0.2, 0.25) is 0 Å². The van der Waals surface area contributed by atoms with E-state index in [1.807, 2.05) is 0 Å². The van der Waals surface area contributed by atoms with Gasteiger partial charge in [0.2, 0.25) is 0 Å². The van der Waals surface area contributed by atoms with E-state index >= 15 is 0 Å². The van der Waals surface area contributed by atoms with Crippen LogP contribution in [-0.4, -0.2) is 0 Å². The molecule has 0 aromatic heterocycles. The summed E-state index contributed by atoms with van der Waals surface area (Å²) in [5.74, 6) is 0.739. The molecule has 31 heavy (non-hydrogen) atoms. The first-order chi connectivity index (χ1) is 15.3. The Kier molecular flexibility index (Phi) is 7.62. The quantitative estimate of drug-likeness (QED) is 0.347. The maximum Gasteiger partial charge on any atom is -0.00677 e. The molecule has 1 aliphatic rings. The highest BCUT2D eigenvalue weighted by Gasteiger charge is 2.25. The average molecular weight is 411 g/mol. The lowest BCUT2D eigenvalue weighted by atomic mass is 9.75. The third-order valence-electron chi connectivity index (χ3n) is 7.02. The van der Waals surface area contributed by atoms with Gasteiger partial charge in [-0.2, -0.15) is 0 Å². The molecule has 4 rings (SSSR count). The van der Waals surface area contributed by atoms with Gasteiger partial charge in [-0.1, -0.05) is 113 Å². The van der Waals surface area contributed by atoms with Crippen LogP contribution < -0.4 is 0 Å². The van der Waals surface area contributed by atoms with Crippen LogP contribution >= 0.6 is 0 Å². The van der Waals surface area contributed by atoms with Crippen molar-refractivity contribution in [2.45, 2.75) is 84.0 Å². The van der Waals surface area contributed by atoms with Gasteiger partial charge < -0.3 is 0 Å². The Morgan fingerprint density at radius 2 is 1.29 bits per heavy atom. The van der Waals surface area contributed by atoms with E-state index in [0.717, 1.165) is 12.3 Å². The van der Waals surface area contributed by atoms with Crippen LogP contribution in [0.15, 0.2) is 66.7 Å². The summed E-state index contributed by atoms with van der Waals surface area (Å²) < 4.78 is 0. The number of unbranched alkanes of at least 4 members (excludes halogenated alkanes) is 1. The number of benzene rings is 3. The largest absolute Gasteiger partial charge is 0.0654 e. The fourth-order valence-corrected chi connectivity index (χ4v) is 5.53. The fraction of sp³-hybridized carbons (Fsp3) is 0.419. The third-order valence-corrected chi connectivity index (χ3v) is 7.02. The van der Waals surface area contributed by atoms with Crippen LogP contribution in [0.1, 0.15) is 87.8 Å². The minimum Gasteiger partial charge on any atom is -0.0654 e. The number of hydrogen-bond acceptors (Lipinski definition) is 0. The lowest BCUT2D eigenvalue weighted by Crippen LogP contribution is -2.11. The van der Waals surface area contributed by atoms with Crippen LogP contribution in [-0.2, 0) is 12.8 Å². The zero-order chi connectivity index (χ0) is 21.5. The minimum absolute atomic E-state index is 0.739. The maximum atomic E-state index is 2.64. The number of aryl methyl sites for hydroxylation is 1. The van der Waals surface area contributed by atoms with E-state index in [1.165, 1.54) is 80.0 Å². The van der Waals surface area contributed by atoms with E-state index in [0.29, 0.717) is 0 Å². The van der Waals surface area contributed by atoms with E-state index in [1.54, 1.807) is 16.7 Å². The molecule has 1 aliphatic carbocycles.